The summed E-state index contributed by atoms with van der Waals surface area (Å²) < 4.78 is 7.87. The van der Waals surface area contributed by atoms with Crippen LogP contribution in [0, 0.1) is 0 Å². The molecule has 0 aromatic carbocycles. The molecule has 0 aliphatic rings. The smallest absolute Gasteiger partial charge is 0.282 e. The van der Waals surface area contributed by atoms with Crippen molar-refractivity contribution >= 4 is 0 Å². The van der Waals surface area contributed by atoms with E-state index in [1.165, 1.54) is 17.1 Å². The van der Waals surface area contributed by atoms with Crippen LogP contribution in [0.2, 0.25) is 0 Å². The van der Waals surface area contributed by atoms with Gasteiger partial charge in [-0.3, -0.25) is 9.48 Å². The normalized spacial score (nSPS) is 10.5. The summed E-state index contributed by atoms with van der Waals surface area (Å²) in [5.41, 5.74) is 0.658. The zero-order chi connectivity index (χ0) is 9.26. The Kier molecular flexibility index (Phi) is 1.77. The van der Waals surface area contributed by atoms with Crippen LogP contribution in [0.15, 0.2) is 33.9 Å². The highest BCUT2D eigenvalue weighted by molar-refractivity contribution is 4.98. The fourth-order valence-corrected chi connectivity index (χ4v) is 1.11. The third-order valence-corrected chi connectivity index (χ3v) is 1.72. The highest BCUT2D eigenvalue weighted by Gasteiger charge is 2.01. The summed E-state index contributed by atoms with van der Waals surface area (Å²) in [7, 11) is 1.83. The van der Waals surface area contributed by atoms with Crippen molar-refractivity contribution in [2.24, 2.45) is 7.05 Å². The van der Waals surface area contributed by atoms with Crippen LogP contribution in [-0.4, -0.2) is 14.5 Å². The molecule has 2 aromatic heterocycles. The number of rotatable bonds is 2. The summed E-state index contributed by atoms with van der Waals surface area (Å²) in [6, 6.07) is 3.22. The first kappa shape index (κ1) is 7.85. The first-order chi connectivity index (χ1) is 6.25. The highest BCUT2D eigenvalue weighted by atomic mass is 16.5. The predicted molar refractivity (Wildman–Crippen MR) is 45.3 cm³/mol. The van der Waals surface area contributed by atoms with Gasteiger partial charge in [0, 0.05) is 19.3 Å². The van der Waals surface area contributed by atoms with Crippen LogP contribution in [0.1, 0.15) is 5.69 Å². The summed E-state index contributed by atoms with van der Waals surface area (Å²) >= 11 is 0. The standard InChI is InChI=1S/C8H9N3O2/c1-10-4-2-7(9-10)6-11-8(12)3-5-13-11/h2-5H,6H2,1H3. The lowest BCUT2D eigenvalue weighted by atomic mass is 10.4. The molecule has 0 spiro atoms. The summed E-state index contributed by atoms with van der Waals surface area (Å²) in [5.74, 6) is 0. The Hall–Kier alpha value is -1.78. The molecule has 0 saturated heterocycles. The van der Waals surface area contributed by atoms with Crippen LogP contribution < -0.4 is 5.56 Å². The summed E-state index contributed by atoms with van der Waals surface area (Å²) in [6.07, 6.45) is 3.19. The van der Waals surface area contributed by atoms with Crippen LogP contribution in [0.4, 0.5) is 0 Å². The van der Waals surface area contributed by atoms with Crippen LogP contribution >= 0.6 is 0 Å². The molecule has 0 aliphatic heterocycles. The molecule has 2 aromatic rings. The Morgan fingerprint density at radius 3 is 2.92 bits per heavy atom. The molecule has 0 unspecified atom stereocenters. The average molecular weight is 179 g/mol. The second kappa shape index (κ2) is 2.93. The number of nitrogens with zero attached hydrogens (tertiary/aromatic N) is 3. The topological polar surface area (TPSA) is 53.0 Å². The Balaban J connectivity index is 2.24. The lowest BCUT2D eigenvalue weighted by molar-refractivity contribution is 0.275. The molecule has 0 N–H and O–H groups in total. The van der Waals surface area contributed by atoms with Crippen molar-refractivity contribution in [3.63, 3.8) is 0 Å². The van der Waals surface area contributed by atoms with Crippen LogP contribution in [0.5, 0.6) is 0 Å². The van der Waals surface area contributed by atoms with Gasteiger partial charge in [0.1, 0.15) is 12.8 Å². The molecule has 0 atom stereocenters. The zero-order valence-electron chi connectivity index (χ0n) is 7.17. The monoisotopic (exact) mass is 179 g/mol. The molecule has 0 bridgehead atoms. The molecular weight excluding hydrogens is 170 g/mol. The Bertz CT molecular complexity index is 452. The van der Waals surface area contributed by atoms with Crippen molar-refractivity contribution in [3.05, 3.63) is 40.6 Å². The first-order valence-corrected chi connectivity index (χ1v) is 3.89. The number of aryl methyl sites for hydroxylation is 1. The van der Waals surface area contributed by atoms with Gasteiger partial charge in [0.15, 0.2) is 0 Å². The second-order valence-corrected chi connectivity index (χ2v) is 2.76. The number of hydrogen-bond donors (Lipinski definition) is 0. The van der Waals surface area contributed by atoms with Crippen molar-refractivity contribution in [2.45, 2.75) is 6.54 Å². The maximum atomic E-state index is 11.1. The van der Waals surface area contributed by atoms with Gasteiger partial charge in [-0.25, -0.2) is 0 Å². The van der Waals surface area contributed by atoms with E-state index in [9.17, 15) is 4.79 Å². The highest BCUT2D eigenvalue weighted by Crippen LogP contribution is 1.96. The predicted octanol–water partition coefficient (Wildman–Crippen LogP) is 0.223. The van der Waals surface area contributed by atoms with E-state index in [2.05, 4.69) is 5.10 Å². The van der Waals surface area contributed by atoms with E-state index in [1.807, 2.05) is 19.3 Å². The van der Waals surface area contributed by atoms with E-state index in [1.54, 1.807) is 4.68 Å². The maximum Gasteiger partial charge on any atom is 0.282 e. The maximum absolute atomic E-state index is 11.1. The average Bonchev–Trinajstić information content (AvgIpc) is 2.64. The van der Waals surface area contributed by atoms with Crippen molar-refractivity contribution in [3.8, 4) is 0 Å². The minimum atomic E-state index is -0.148. The fourth-order valence-electron chi connectivity index (χ4n) is 1.11. The van der Waals surface area contributed by atoms with Crippen LogP contribution in [-0.2, 0) is 13.6 Å². The third-order valence-electron chi connectivity index (χ3n) is 1.72. The molecule has 0 amide bonds. The van der Waals surface area contributed by atoms with Crippen molar-refractivity contribution < 1.29 is 4.52 Å². The molecule has 0 aliphatic carbocycles. The Morgan fingerprint density at radius 2 is 2.38 bits per heavy atom. The first-order valence-electron chi connectivity index (χ1n) is 3.89. The molecular formula is C8H9N3O2. The molecule has 0 fully saturated rings. The zero-order valence-corrected chi connectivity index (χ0v) is 7.17. The lowest BCUT2D eigenvalue weighted by Crippen LogP contribution is -2.14. The van der Waals surface area contributed by atoms with Gasteiger partial charge >= 0.3 is 0 Å². The lowest BCUT2D eigenvalue weighted by Gasteiger charge is -1.94. The quantitative estimate of drug-likeness (QED) is 0.662. The summed E-state index contributed by atoms with van der Waals surface area (Å²) in [6.45, 7) is 0.382. The van der Waals surface area contributed by atoms with Crippen molar-refractivity contribution in [2.75, 3.05) is 0 Å². The van der Waals surface area contributed by atoms with E-state index < -0.39 is 0 Å². The Morgan fingerprint density at radius 1 is 1.54 bits per heavy atom. The van der Waals surface area contributed by atoms with Crippen LogP contribution in [0.25, 0.3) is 0 Å². The van der Waals surface area contributed by atoms with Gasteiger partial charge in [-0.05, 0) is 6.07 Å². The number of aromatic nitrogens is 3. The van der Waals surface area contributed by atoms with Gasteiger partial charge in [-0.1, -0.05) is 0 Å². The molecule has 5 nitrogen and oxygen atoms in total. The molecule has 2 rings (SSSR count). The summed E-state index contributed by atoms with van der Waals surface area (Å²) in [5, 5.41) is 4.12. The van der Waals surface area contributed by atoms with Gasteiger partial charge in [0.2, 0.25) is 0 Å². The van der Waals surface area contributed by atoms with Crippen molar-refractivity contribution in [1.29, 1.82) is 0 Å². The van der Waals surface area contributed by atoms with E-state index in [0.717, 1.165) is 5.69 Å². The van der Waals surface area contributed by atoms with Gasteiger partial charge in [-0.2, -0.15) is 9.84 Å². The van der Waals surface area contributed by atoms with E-state index in [-0.39, 0.29) is 5.56 Å². The van der Waals surface area contributed by atoms with Gasteiger partial charge < -0.3 is 4.52 Å². The van der Waals surface area contributed by atoms with E-state index in [0.29, 0.717) is 6.54 Å². The molecule has 5 heteroatoms. The third kappa shape index (κ3) is 1.53. The number of hydrogen-bond acceptors (Lipinski definition) is 3. The van der Waals surface area contributed by atoms with E-state index >= 15 is 0 Å². The van der Waals surface area contributed by atoms with Gasteiger partial charge in [0.25, 0.3) is 5.56 Å². The van der Waals surface area contributed by atoms with Crippen molar-refractivity contribution in [1.82, 2.24) is 14.5 Å². The van der Waals surface area contributed by atoms with E-state index in [4.69, 9.17) is 4.52 Å². The molecule has 2 heterocycles. The van der Waals surface area contributed by atoms with Crippen LogP contribution in [0.3, 0.4) is 0 Å². The second-order valence-electron chi connectivity index (χ2n) is 2.76. The molecule has 0 radical (unpaired) electrons. The van der Waals surface area contributed by atoms with Gasteiger partial charge in [0.05, 0.1) is 5.69 Å². The minimum Gasteiger partial charge on any atom is -0.384 e. The molecule has 0 saturated carbocycles. The van der Waals surface area contributed by atoms with Gasteiger partial charge in [-0.15, -0.1) is 0 Å². The fraction of sp³-hybridized carbons (Fsp3) is 0.250. The molecule has 68 valence electrons. The summed E-state index contributed by atoms with van der Waals surface area (Å²) in [4.78, 5) is 11.1. The largest absolute Gasteiger partial charge is 0.384 e. The minimum absolute atomic E-state index is 0.148. The SMILES string of the molecule is Cn1ccc(Cn2occc2=O)n1. The molecule has 13 heavy (non-hydrogen) atoms. The Labute approximate surface area is 74.2 Å².